The molecule has 0 bridgehead atoms. The number of methoxy groups -OCH3 is 1. The summed E-state index contributed by atoms with van der Waals surface area (Å²) in [6, 6.07) is 1.93. The van der Waals surface area contributed by atoms with Gasteiger partial charge in [0.15, 0.2) is 0 Å². The van der Waals surface area contributed by atoms with Gasteiger partial charge in [-0.25, -0.2) is 4.39 Å². The van der Waals surface area contributed by atoms with Crippen LogP contribution in [0.1, 0.15) is 30.6 Å². The lowest BCUT2D eigenvalue weighted by Gasteiger charge is -2.23. The number of alkyl halides is 3. The SMILES string of the molecule is CCC(C(=O)OC)C(O)c1ccc(F)cc1C(F)(F)F. The second-order valence-electron chi connectivity index (χ2n) is 4.21. The summed E-state index contributed by atoms with van der Waals surface area (Å²) in [5.41, 5.74) is -1.84. The number of carbonyl (C=O) groups is 1. The summed E-state index contributed by atoms with van der Waals surface area (Å²) in [6.45, 7) is 1.53. The number of aliphatic hydroxyl groups is 1. The summed E-state index contributed by atoms with van der Waals surface area (Å²) in [4.78, 5) is 11.4. The molecular weight excluding hydrogens is 280 g/mol. The number of halogens is 4. The third-order valence-corrected chi connectivity index (χ3v) is 2.96. The maximum Gasteiger partial charge on any atom is 0.416 e. The summed E-state index contributed by atoms with van der Waals surface area (Å²) in [7, 11) is 1.08. The molecule has 112 valence electrons. The predicted molar refractivity (Wildman–Crippen MR) is 62.2 cm³/mol. The Hall–Kier alpha value is -1.63. The lowest BCUT2D eigenvalue weighted by molar-refractivity contribution is -0.151. The van der Waals surface area contributed by atoms with Crippen LogP contribution in [0, 0.1) is 11.7 Å². The van der Waals surface area contributed by atoms with Crippen LogP contribution in [0.2, 0.25) is 0 Å². The molecule has 0 aliphatic rings. The van der Waals surface area contributed by atoms with Gasteiger partial charge in [-0.05, 0) is 24.1 Å². The summed E-state index contributed by atoms with van der Waals surface area (Å²) < 4.78 is 56.0. The lowest BCUT2D eigenvalue weighted by Crippen LogP contribution is -2.25. The number of hydrogen-bond donors (Lipinski definition) is 1. The van der Waals surface area contributed by atoms with Crippen LogP contribution in [0.3, 0.4) is 0 Å². The van der Waals surface area contributed by atoms with E-state index in [1.807, 2.05) is 0 Å². The normalized spacial score (nSPS) is 14.8. The predicted octanol–water partition coefficient (Wildman–Crippen LogP) is 3.08. The van der Waals surface area contributed by atoms with E-state index in [1.165, 1.54) is 6.92 Å². The summed E-state index contributed by atoms with van der Waals surface area (Å²) in [5.74, 6) is -3.04. The van der Waals surface area contributed by atoms with Gasteiger partial charge in [0.2, 0.25) is 0 Å². The number of carbonyl (C=O) groups excluding carboxylic acids is 1. The minimum absolute atomic E-state index is 0.0858. The Bertz CT molecular complexity index is 485. The Morgan fingerprint density at radius 1 is 1.40 bits per heavy atom. The van der Waals surface area contributed by atoms with Gasteiger partial charge in [-0.1, -0.05) is 13.0 Å². The zero-order valence-electron chi connectivity index (χ0n) is 10.9. The van der Waals surface area contributed by atoms with Gasteiger partial charge < -0.3 is 9.84 Å². The second kappa shape index (κ2) is 6.21. The molecule has 0 saturated heterocycles. The summed E-state index contributed by atoms with van der Waals surface area (Å²) >= 11 is 0. The minimum atomic E-state index is -4.83. The van der Waals surface area contributed by atoms with Gasteiger partial charge in [-0.2, -0.15) is 13.2 Å². The van der Waals surface area contributed by atoms with Crippen molar-refractivity contribution in [3.05, 3.63) is 35.1 Å². The standard InChI is InChI=1S/C13H14F4O3/c1-3-8(12(19)20-2)11(18)9-5-4-7(14)6-10(9)13(15,16)17/h4-6,8,11,18H,3H2,1-2H3. The highest BCUT2D eigenvalue weighted by molar-refractivity contribution is 5.73. The van der Waals surface area contributed by atoms with E-state index in [0.29, 0.717) is 6.07 Å². The Morgan fingerprint density at radius 2 is 2.00 bits per heavy atom. The quantitative estimate of drug-likeness (QED) is 0.685. The van der Waals surface area contributed by atoms with E-state index in [0.717, 1.165) is 19.2 Å². The Balaban J connectivity index is 3.28. The molecule has 1 aromatic carbocycles. The van der Waals surface area contributed by atoms with Crippen molar-refractivity contribution in [1.82, 2.24) is 0 Å². The first-order chi connectivity index (χ1) is 9.22. The molecule has 0 fully saturated rings. The van der Waals surface area contributed by atoms with Crippen molar-refractivity contribution in [2.75, 3.05) is 7.11 Å². The molecule has 0 amide bonds. The van der Waals surface area contributed by atoms with Crippen LogP contribution in [0.15, 0.2) is 18.2 Å². The highest BCUT2D eigenvalue weighted by Gasteiger charge is 2.38. The zero-order chi connectivity index (χ0) is 15.5. The minimum Gasteiger partial charge on any atom is -0.469 e. The molecule has 1 aromatic rings. The van der Waals surface area contributed by atoms with Crippen LogP contribution < -0.4 is 0 Å². The topological polar surface area (TPSA) is 46.5 Å². The molecule has 0 aliphatic heterocycles. The fraction of sp³-hybridized carbons (Fsp3) is 0.462. The van der Waals surface area contributed by atoms with Gasteiger partial charge in [-0.15, -0.1) is 0 Å². The van der Waals surface area contributed by atoms with E-state index in [4.69, 9.17) is 0 Å². The molecule has 3 nitrogen and oxygen atoms in total. The van der Waals surface area contributed by atoms with Crippen molar-refractivity contribution in [2.24, 2.45) is 5.92 Å². The van der Waals surface area contributed by atoms with Gasteiger partial charge in [0, 0.05) is 0 Å². The van der Waals surface area contributed by atoms with Crippen LogP contribution in [0.5, 0.6) is 0 Å². The van der Waals surface area contributed by atoms with Crippen molar-refractivity contribution >= 4 is 5.97 Å². The van der Waals surface area contributed by atoms with Crippen molar-refractivity contribution in [1.29, 1.82) is 0 Å². The first-order valence-electron chi connectivity index (χ1n) is 5.84. The molecule has 0 radical (unpaired) electrons. The van der Waals surface area contributed by atoms with Crippen molar-refractivity contribution in [3.8, 4) is 0 Å². The summed E-state index contributed by atoms with van der Waals surface area (Å²) in [5, 5.41) is 9.99. The molecule has 0 aliphatic carbocycles. The highest BCUT2D eigenvalue weighted by Crippen LogP contribution is 2.38. The molecule has 20 heavy (non-hydrogen) atoms. The lowest BCUT2D eigenvalue weighted by atomic mass is 9.90. The highest BCUT2D eigenvalue weighted by atomic mass is 19.4. The van der Waals surface area contributed by atoms with Crippen LogP contribution in [-0.4, -0.2) is 18.2 Å². The molecule has 2 unspecified atom stereocenters. The summed E-state index contributed by atoms with van der Waals surface area (Å²) in [6.07, 6.45) is -6.46. The van der Waals surface area contributed by atoms with E-state index in [9.17, 15) is 27.5 Å². The maximum absolute atomic E-state index is 13.0. The Morgan fingerprint density at radius 3 is 2.45 bits per heavy atom. The fourth-order valence-corrected chi connectivity index (χ4v) is 1.92. The van der Waals surface area contributed by atoms with Crippen LogP contribution in [0.25, 0.3) is 0 Å². The number of aliphatic hydroxyl groups excluding tert-OH is 1. The van der Waals surface area contributed by atoms with Crippen LogP contribution in [0.4, 0.5) is 17.6 Å². The van der Waals surface area contributed by atoms with Crippen molar-refractivity contribution in [3.63, 3.8) is 0 Å². The van der Waals surface area contributed by atoms with E-state index in [1.54, 1.807) is 0 Å². The molecule has 7 heteroatoms. The van der Waals surface area contributed by atoms with E-state index in [2.05, 4.69) is 4.74 Å². The average Bonchev–Trinajstić information content (AvgIpc) is 2.37. The van der Waals surface area contributed by atoms with Gasteiger partial charge in [0.25, 0.3) is 0 Å². The van der Waals surface area contributed by atoms with E-state index >= 15 is 0 Å². The molecule has 1 rings (SSSR count). The molecule has 0 aromatic heterocycles. The number of esters is 1. The third-order valence-electron chi connectivity index (χ3n) is 2.96. The number of benzene rings is 1. The van der Waals surface area contributed by atoms with Crippen LogP contribution in [-0.2, 0) is 15.7 Å². The molecule has 2 atom stereocenters. The second-order valence-corrected chi connectivity index (χ2v) is 4.21. The van der Waals surface area contributed by atoms with Gasteiger partial charge in [0.05, 0.1) is 24.7 Å². The average molecular weight is 294 g/mol. The first-order valence-corrected chi connectivity index (χ1v) is 5.84. The Labute approximate surface area is 113 Å². The molecule has 0 spiro atoms. The number of hydrogen-bond acceptors (Lipinski definition) is 3. The molecule has 0 saturated carbocycles. The third kappa shape index (κ3) is 3.47. The van der Waals surface area contributed by atoms with Crippen molar-refractivity contribution in [2.45, 2.75) is 25.6 Å². The smallest absolute Gasteiger partial charge is 0.416 e. The molecule has 0 heterocycles. The Kier molecular flexibility index (Phi) is 5.10. The maximum atomic E-state index is 13.0. The fourth-order valence-electron chi connectivity index (χ4n) is 1.92. The van der Waals surface area contributed by atoms with Crippen LogP contribution >= 0.6 is 0 Å². The van der Waals surface area contributed by atoms with Gasteiger partial charge >= 0.3 is 12.1 Å². The molecule has 1 N–H and O–H groups in total. The van der Waals surface area contributed by atoms with E-state index < -0.39 is 41.1 Å². The number of ether oxygens (including phenoxy) is 1. The monoisotopic (exact) mass is 294 g/mol. The first kappa shape index (κ1) is 16.4. The largest absolute Gasteiger partial charge is 0.469 e. The zero-order valence-corrected chi connectivity index (χ0v) is 10.9. The van der Waals surface area contributed by atoms with Gasteiger partial charge in [-0.3, -0.25) is 4.79 Å². The van der Waals surface area contributed by atoms with Gasteiger partial charge in [0.1, 0.15) is 5.82 Å². The number of rotatable bonds is 4. The van der Waals surface area contributed by atoms with E-state index in [-0.39, 0.29) is 6.42 Å². The molecular formula is C13H14F4O3. The van der Waals surface area contributed by atoms with Crippen molar-refractivity contribution < 1.29 is 32.2 Å².